The van der Waals surface area contributed by atoms with Gasteiger partial charge in [0.15, 0.2) is 0 Å². The number of nitrogens with one attached hydrogen (secondary N) is 1. The number of tetrazole rings is 1. The van der Waals surface area contributed by atoms with Gasteiger partial charge in [-0.05, 0) is 51.3 Å². The lowest BCUT2D eigenvalue weighted by Crippen LogP contribution is -2.27. The summed E-state index contributed by atoms with van der Waals surface area (Å²) in [5.74, 6) is 0.743. The third-order valence-electron chi connectivity index (χ3n) is 7.28. The van der Waals surface area contributed by atoms with Crippen molar-refractivity contribution in [2.75, 3.05) is 0 Å². The van der Waals surface area contributed by atoms with Crippen molar-refractivity contribution in [3.05, 3.63) is 99.9 Å². The Morgan fingerprint density at radius 3 is 2.42 bits per heavy atom. The molecule has 0 saturated carbocycles. The molecule has 0 aliphatic rings. The number of rotatable bonds is 8. The molecule has 0 bridgehead atoms. The van der Waals surface area contributed by atoms with Gasteiger partial charge in [0.05, 0.1) is 12.2 Å². The van der Waals surface area contributed by atoms with Gasteiger partial charge in [-0.1, -0.05) is 96.5 Å². The molecule has 8 heteroatoms. The van der Waals surface area contributed by atoms with Gasteiger partial charge in [0.25, 0.3) is 0 Å². The highest BCUT2D eigenvalue weighted by Crippen LogP contribution is 2.34. The average Bonchev–Trinajstić information content (AvgIpc) is 3.58. The quantitative estimate of drug-likeness (QED) is 0.252. The molecule has 0 saturated heterocycles. The second kappa shape index (κ2) is 11.0. The third kappa shape index (κ3) is 5.26. The lowest BCUT2D eigenvalue weighted by molar-refractivity contribution is 0.582. The first kappa shape index (κ1) is 27.2. The van der Waals surface area contributed by atoms with E-state index in [0.29, 0.717) is 24.0 Å². The zero-order valence-electron chi connectivity index (χ0n) is 24.1. The summed E-state index contributed by atoms with van der Waals surface area (Å²) in [6.07, 6.45) is 5.57. The van der Waals surface area contributed by atoms with E-state index in [1.54, 1.807) is 6.20 Å². The molecule has 3 aromatic heterocycles. The highest BCUT2D eigenvalue weighted by Gasteiger charge is 2.25. The van der Waals surface area contributed by atoms with Crippen LogP contribution in [0.3, 0.4) is 0 Å². The van der Waals surface area contributed by atoms with Gasteiger partial charge in [0.2, 0.25) is 5.82 Å². The van der Waals surface area contributed by atoms with Crippen LogP contribution in [-0.2, 0) is 18.4 Å². The number of benzene rings is 2. The monoisotopic (exact) mass is 535 g/mol. The Morgan fingerprint density at radius 1 is 1.00 bits per heavy atom. The van der Waals surface area contributed by atoms with Crippen molar-refractivity contribution in [2.24, 2.45) is 0 Å². The number of aromatic nitrogens is 7. The number of pyridine rings is 1. The minimum absolute atomic E-state index is 0.00206. The van der Waals surface area contributed by atoms with Crippen molar-refractivity contribution in [3.63, 3.8) is 0 Å². The molecular weight excluding hydrogens is 498 g/mol. The number of aromatic amines is 1. The number of hydrogen-bond donors (Lipinski definition) is 1. The first-order valence-corrected chi connectivity index (χ1v) is 13.9. The summed E-state index contributed by atoms with van der Waals surface area (Å²) in [5.41, 5.74) is 7.97. The van der Waals surface area contributed by atoms with Crippen LogP contribution in [0, 0.1) is 0 Å². The van der Waals surface area contributed by atoms with E-state index in [0.717, 1.165) is 40.9 Å². The first-order chi connectivity index (χ1) is 19.2. The van der Waals surface area contributed by atoms with Crippen molar-refractivity contribution in [1.29, 1.82) is 0 Å². The fourth-order valence-electron chi connectivity index (χ4n) is 5.26. The zero-order chi connectivity index (χ0) is 28.4. The second-order valence-corrected chi connectivity index (χ2v) is 11.6. The Bertz CT molecular complexity index is 1650. The molecule has 0 amide bonds. The normalized spacial score (nSPS) is 11.9. The number of nitrogens with zero attached hydrogens (tertiary/aromatic N) is 6. The van der Waals surface area contributed by atoms with E-state index in [1.807, 2.05) is 21.3 Å². The van der Waals surface area contributed by atoms with Gasteiger partial charge in [-0.25, -0.2) is 4.79 Å². The van der Waals surface area contributed by atoms with Crippen LogP contribution in [-0.4, -0.2) is 34.7 Å². The van der Waals surface area contributed by atoms with E-state index in [4.69, 9.17) is 0 Å². The Labute approximate surface area is 235 Å². The third-order valence-corrected chi connectivity index (χ3v) is 7.28. The number of aryl methyl sites for hydroxylation is 1. The van der Waals surface area contributed by atoms with Crippen LogP contribution in [0.15, 0.2) is 71.8 Å². The molecule has 0 radical (unpaired) electrons. The summed E-state index contributed by atoms with van der Waals surface area (Å²) < 4.78 is 3.82. The first-order valence-electron chi connectivity index (χ1n) is 13.9. The molecule has 0 aliphatic carbocycles. The molecule has 8 nitrogen and oxygen atoms in total. The maximum atomic E-state index is 14.1. The van der Waals surface area contributed by atoms with E-state index in [1.165, 1.54) is 11.1 Å². The van der Waals surface area contributed by atoms with Crippen LogP contribution in [0.1, 0.15) is 76.3 Å². The molecule has 3 heterocycles. The highest BCUT2D eigenvalue weighted by atomic mass is 16.1. The Kier molecular flexibility index (Phi) is 7.52. The number of imidazole rings is 1. The minimum atomic E-state index is -0.102. The van der Waals surface area contributed by atoms with Crippen LogP contribution in [0.25, 0.3) is 28.3 Å². The molecule has 40 heavy (non-hydrogen) atoms. The predicted molar refractivity (Wildman–Crippen MR) is 159 cm³/mol. The number of H-pyrrole nitrogens is 1. The molecule has 0 fully saturated rings. The molecule has 0 unspecified atom stereocenters. The lowest BCUT2D eigenvalue weighted by Gasteiger charge is -2.26. The number of para-hydroxylation sites is 1. The summed E-state index contributed by atoms with van der Waals surface area (Å²) in [5, 5.41) is 14.4. The van der Waals surface area contributed by atoms with Crippen molar-refractivity contribution < 1.29 is 0 Å². The SMILES string of the molecule is CCCc1cn(-c2c(C(C)C)cccc2C(C)(C)C)c(=O)n1Cc1ccc(-c2cccnc2-c2nn[nH]n2)cc1. The summed E-state index contributed by atoms with van der Waals surface area (Å²) in [6.45, 7) is 13.7. The maximum Gasteiger partial charge on any atom is 0.333 e. The van der Waals surface area contributed by atoms with E-state index in [-0.39, 0.29) is 11.1 Å². The van der Waals surface area contributed by atoms with E-state index < -0.39 is 0 Å². The van der Waals surface area contributed by atoms with E-state index >= 15 is 0 Å². The van der Waals surface area contributed by atoms with Gasteiger partial charge in [-0.3, -0.25) is 14.1 Å². The molecule has 0 spiro atoms. The van der Waals surface area contributed by atoms with Crippen LogP contribution in [0.4, 0.5) is 0 Å². The van der Waals surface area contributed by atoms with Crippen LogP contribution in [0.5, 0.6) is 0 Å². The standard InChI is InChI=1S/C32H37N7O/c1-7-10-24-20-39(29-25(21(2)3)11-8-13-27(29)32(4,5)6)31(40)38(24)19-22-14-16-23(17-15-22)26-12-9-18-33-28(26)30-34-36-37-35-30/h8-9,11-18,20-21H,7,10,19H2,1-6H3,(H,34,35,36,37). The minimum Gasteiger partial charge on any atom is -0.292 e. The molecular formula is C32H37N7O. The summed E-state index contributed by atoms with van der Waals surface area (Å²) in [4.78, 5) is 18.6. The second-order valence-electron chi connectivity index (χ2n) is 11.6. The highest BCUT2D eigenvalue weighted by molar-refractivity contribution is 5.77. The van der Waals surface area contributed by atoms with Gasteiger partial charge in [0.1, 0.15) is 5.69 Å². The van der Waals surface area contributed by atoms with Crippen molar-refractivity contribution >= 4 is 0 Å². The smallest absolute Gasteiger partial charge is 0.292 e. The van der Waals surface area contributed by atoms with Crippen molar-refractivity contribution in [3.8, 4) is 28.3 Å². The van der Waals surface area contributed by atoms with Crippen LogP contribution < -0.4 is 5.69 Å². The zero-order valence-corrected chi connectivity index (χ0v) is 24.1. The molecule has 1 N–H and O–H groups in total. The Hall–Kier alpha value is -4.33. The van der Waals surface area contributed by atoms with E-state index in [2.05, 4.69) is 116 Å². The lowest BCUT2D eigenvalue weighted by atomic mass is 9.83. The van der Waals surface area contributed by atoms with Crippen molar-refractivity contribution in [2.45, 2.75) is 72.3 Å². The summed E-state index contributed by atoms with van der Waals surface area (Å²) >= 11 is 0. The molecule has 0 atom stereocenters. The predicted octanol–water partition coefficient (Wildman–Crippen LogP) is 6.30. The molecule has 2 aromatic carbocycles. The number of hydrogen-bond acceptors (Lipinski definition) is 5. The van der Waals surface area contributed by atoms with Crippen LogP contribution >= 0.6 is 0 Å². The largest absolute Gasteiger partial charge is 0.333 e. The maximum absolute atomic E-state index is 14.1. The summed E-state index contributed by atoms with van der Waals surface area (Å²) in [6, 6.07) is 18.6. The van der Waals surface area contributed by atoms with Gasteiger partial charge in [-0.15, -0.1) is 10.2 Å². The average molecular weight is 536 g/mol. The Morgan fingerprint density at radius 2 is 1.77 bits per heavy atom. The summed E-state index contributed by atoms with van der Waals surface area (Å²) in [7, 11) is 0. The molecule has 5 aromatic rings. The van der Waals surface area contributed by atoms with Gasteiger partial charge in [0, 0.05) is 23.7 Å². The molecule has 5 rings (SSSR count). The van der Waals surface area contributed by atoms with Gasteiger partial charge in [-0.2, -0.15) is 5.21 Å². The Balaban J connectivity index is 1.55. The molecule has 206 valence electrons. The van der Waals surface area contributed by atoms with Gasteiger partial charge >= 0.3 is 5.69 Å². The fourth-order valence-corrected chi connectivity index (χ4v) is 5.26. The molecule has 0 aliphatic heterocycles. The van der Waals surface area contributed by atoms with Crippen molar-refractivity contribution in [1.82, 2.24) is 34.7 Å². The van der Waals surface area contributed by atoms with Gasteiger partial charge < -0.3 is 0 Å². The van der Waals surface area contributed by atoms with Crippen LogP contribution in [0.2, 0.25) is 0 Å². The fraction of sp³-hybridized carbons (Fsp3) is 0.344. The van der Waals surface area contributed by atoms with E-state index in [9.17, 15) is 4.79 Å². The topological polar surface area (TPSA) is 94.3 Å².